The molecule has 0 bridgehead atoms. The van der Waals surface area contributed by atoms with Gasteiger partial charge in [-0.15, -0.1) is 0 Å². The van der Waals surface area contributed by atoms with Gasteiger partial charge < -0.3 is 20.0 Å². The topological polar surface area (TPSA) is 98.7 Å². The smallest absolute Gasteiger partial charge is 0.229 e. The number of carbonyl (C=O) groups excluding carboxylic acids is 3. The maximum Gasteiger partial charge on any atom is 0.229 e. The molecule has 186 valence electrons. The summed E-state index contributed by atoms with van der Waals surface area (Å²) in [6.45, 7) is 5.92. The Balaban J connectivity index is 1.24. The fourth-order valence-electron chi connectivity index (χ4n) is 4.64. The molecule has 2 saturated heterocycles. The van der Waals surface area contributed by atoms with E-state index in [0.717, 1.165) is 31.4 Å². The van der Waals surface area contributed by atoms with Crippen molar-refractivity contribution in [3.63, 3.8) is 0 Å². The predicted molar refractivity (Wildman–Crippen MR) is 134 cm³/mol. The summed E-state index contributed by atoms with van der Waals surface area (Å²) >= 11 is 0. The number of hydrogen-bond acceptors (Lipinski definition) is 6. The lowest BCUT2D eigenvalue weighted by atomic mass is 9.96. The lowest BCUT2D eigenvalue weighted by molar-refractivity contribution is -0.134. The molecule has 1 aromatic carbocycles. The van der Waals surface area contributed by atoms with E-state index in [2.05, 4.69) is 20.2 Å². The zero-order valence-electron chi connectivity index (χ0n) is 20.4. The summed E-state index contributed by atoms with van der Waals surface area (Å²) < 4.78 is 0. The third-order valence-corrected chi connectivity index (χ3v) is 6.65. The standard InChI is InChI=1S/C26H34N6O3/c1-2-5-23(33)32-13-3-6-21(19-32)25(35)29-22-9-7-20(8-10-22)18-24(34)30-14-16-31(17-15-30)26-27-11-4-12-28-26/h4,7-12,21H,2-3,5-6,13-19H2,1H3,(H,29,35). The molecule has 3 amide bonds. The molecule has 1 N–H and O–H groups in total. The van der Waals surface area contributed by atoms with E-state index in [1.807, 2.05) is 41.0 Å². The lowest BCUT2D eigenvalue weighted by Crippen LogP contribution is -2.49. The number of rotatable bonds is 7. The number of amides is 3. The molecule has 2 aliphatic heterocycles. The molecule has 3 heterocycles. The van der Waals surface area contributed by atoms with Crippen LogP contribution in [0.5, 0.6) is 0 Å². The minimum Gasteiger partial charge on any atom is -0.342 e. The number of carbonyl (C=O) groups is 3. The highest BCUT2D eigenvalue weighted by Crippen LogP contribution is 2.20. The summed E-state index contributed by atoms with van der Waals surface area (Å²) in [4.78, 5) is 52.1. The first-order valence-electron chi connectivity index (χ1n) is 12.5. The highest BCUT2D eigenvalue weighted by molar-refractivity contribution is 5.93. The molecule has 1 unspecified atom stereocenters. The van der Waals surface area contributed by atoms with Crippen LogP contribution < -0.4 is 10.2 Å². The second kappa shape index (κ2) is 11.8. The summed E-state index contributed by atoms with van der Waals surface area (Å²) in [5.74, 6) is 0.683. The molecular formula is C26H34N6O3. The molecule has 1 aromatic heterocycles. The highest BCUT2D eigenvalue weighted by Gasteiger charge is 2.28. The first-order valence-corrected chi connectivity index (χ1v) is 12.5. The van der Waals surface area contributed by atoms with Gasteiger partial charge in [0.15, 0.2) is 0 Å². The van der Waals surface area contributed by atoms with Crippen LogP contribution in [-0.2, 0) is 20.8 Å². The lowest BCUT2D eigenvalue weighted by Gasteiger charge is -2.34. The molecule has 2 aliphatic rings. The van der Waals surface area contributed by atoms with Gasteiger partial charge in [0.05, 0.1) is 12.3 Å². The highest BCUT2D eigenvalue weighted by atomic mass is 16.2. The first kappa shape index (κ1) is 24.6. The van der Waals surface area contributed by atoms with Crippen LogP contribution in [0, 0.1) is 5.92 Å². The van der Waals surface area contributed by atoms with Gasteiger partial charge in [-0.05, 0) is 43.0 Å². The predicted octanol–water partition coefficient (Wildman–Crippen LogP) is 2.35. The third kappa shape index (κ3) is 6.55. The van der Waals surface area contributed by atoms with Gasteiger partial charge in [0, 0.05) is 63.8 Å². The van der Waals surface area contributed by atoms with E-state index in [1.54, 1.807) is 18.5 Å². The van der Waals surface area contributed by atoms with E-state index < -0.39 is 0 Å². The van der Waals surface area contributed by atoms with E-state index in [9.17, 15) is 14.4 Å². The van der Waals surface area contributed by atoms with Crippen LogP contribution in [-0.4, -0.2) is 76.8 Å². The van der Waals surface area contributed by atoms with Gasteiger partial charge in [0.2, 0.25) is 23.7 Å². The average Bonchev–Trinajstić information content (AvgIpc) is 2.90. The second-order valence-electron chi connectivity index (χ2n) is 9.21. The van der Waals surface area contributed by atoms with Crippen molar-refractivity contribution in [3.05, 3.63) is 48.3 Å². The van der Waals surface area contributed by atoms with Crippen LogP contribution in [0.15, 0.2) is 42.7 Å². The van der Waals surface area contributed by atoms with Crippen molar-refractivity contribution >= 4 is 29.4 Å². The monoisotopic (exact) mass is 478 g/mol. The van der Waals surface area contributed by atoms with Crippen LogP contribution in [0.2, 0.25) is 0 Å². The zero-order valence-corrected chi connectivity index (χ0v) is 20.4. The number of likely N-dealkylation sites (tertiary alicyclic amines) is 1. The molecule has 4 rings (SSSR count). The van der Waals surface area contributed by atoms with Crippen molar-refractivity contribution in [1.29, 1.82) is 0 Å². The minimum atomic E-state index is -0.189. The fourth-order valence-corrected chi connectivity index (χ4v) is 4.64. The molecule has 0 radical (unpaired) electrons. The maximum atomic E-state index is 12.8. The van der Waals surface area contributed by atoms with Gasteiger partial charge in [-0.1, -0.05) is 19.1 Å². The van der Waals surface area contributed by atoms with Crippen LogP contribution in [0.4, 0.5) is 11.6 Å². The fraction of sp³-hybridized carbons (Fsp3) is 0.500. The summed E-state index contributed by atoms with van der Waals surface area (Å²) in [6, 6.07) is 9.25. The summed E-state index contributed by atoms with van der Waals surface area (Å²) in [7, 11) is 0. The molecule has 1 atom stereocenters. The molecule has 2 fully saturated rings. The Bertz CT molecular complexity index is 1010. The van der Waals surface area contributed by atoms with Gasteiger partial charge in [-0.2, -0.15) is 0 Å². The summed E-state index contributed by atoms with van der Waals surface area (Å²) in [6.07, 6.45) is 6.77. The Morgan fingerprint density at radius 3 is 2.34 bits per heavy atom. The Labute approximate surface area is 206 Å². The van der Waals surface area contributed by atoms with Crippen LogP contribution >= 0.6 is 0 Å². The Kier molecular flexibility index (Phi) is 8.28. The number of nitrogens with zero attached hydrogens (tertiary/aromatic N) is 5. The molecule has 0 saturated carbocycles. The number of piperazine rings is 1. The van der Waals surface area contributed by atoms with Crippen LogP contribution in [0.1, 0.15) is 38.2 Å². The third-order valence-electron chi connectivity index (χ3n) is 6.65. The van der Waals surface area contributed by atoms with E-state index >= 15 is 0 Å². The van der Waals surface area contributed by atoms with Crippen LogP contribution in [0.25, 0.3) is 0 Å². The normalized spacial score (nSPS) is 18.3. The molecule has 35 heavy (non-hydrogen) atoms. The van der Waals surface area contributed by atoms with E-state index in [1.165, 1.54) is 0 Å². The van der Waals surface area contributed by atoms with Crippen molar-refractivity contribution in [2.75, 3.05) is 49.5 Å². The summed E-state index contributed by atoms with van der Waals surface area (Å²) in [5.41, 5.74) is 1.62. The zero-order chi connectivity index (χ0) is 24.6. The van der Waals surface area contributed by atoms with Crippen LogP contribution in [0.3, 0.4) is 0 Å². The van der Waals surface area contributed by atoms with Crippen molar-refractivity contribution in [1.82, 2.24) is 19.8 Å². The number of piperidine rings is 1. The van der Waals surface area contributed by atoms with Gasteiger partial charge in [-0.3, -0.25) is 14.4 Å². The van der Waals surface area contributed by atoms with Crippen molar-refractivity contribution in [2.45, 2.75) is 39.0 Å². The van der Waals surface area contributed by atoms with E-state index in [0.29, 0.717) is 57.2 Å². The second-order valence-corrected chi connectivity index (χ2v) is 9.21. The van der Waals surface area contributed by atoms with E-state index in [-0.39, 0.29) is 23.6 Å². The molecule has 9 heteroatoms. The van der Waals surface area contributed by atoms with Crippen molar-refractivity contribution in [2.24, 2.45) is 5.92 Å². The average molecular weight is 479 g/mol. The molecule has 9 nitrogen and oxygen atoms in total. The largest absolute Gasteiger partial charge is 0.342 e. The Hall–Kier alpha value is -3.49. The number of nitrogens with one attached hydrogen (secondary N) is 1. The van der Waals surface area contributed by atoms with Gasteiger partial charge in [0.1, 0.15) is 0 Å². The molecule has 0 spiro atoms. The Morgan fingerprint density at radius 2 is 1.66 bits per heavy atom. The molecule has 0 aliphatic carbocycles. The SMILES string of the molecule is CCCC(=O)N1CCCC(C(=O)Nc2ccc(CC(=O)N3CCN(c4ncccn4)CC3)cc2)C1. The van der Waals surface area contributed by atoms with E-state index in [4.69, 9.17) is 0 Å². The number of hydrogen-bond donors (Lipinski definition) is 1. The minimum absolute atomic E-state index is 0.0527. The van der Waals surface area contributed by atoms with Gasteiger partial charge in [-0.25, -0.2) is 9.97 Å². The van der Waals surface area contributed by atoms with Gasteiger partial charge >= 0.3 is 0 Å². The summed E-state index contributed by atoms with van der Waals surface area (Å²) in [5, 5.41) is 2.98. The molecule has 2 aromatic rings. The number of aromatic nitrogens is 2. The Morgan fingerprint density at radius 1 is 0.943 bits per heavy atom. The maximum absolute atomic E-state index is 12.8. The van der Waals surface area contributed by atoms with Crippen molar-refractivity contribution < 1.29 is 14.4 Å². The first-order chi connectivity index (χ1) is 17.0. The quantitative estimate of drug-likeness (QED) is 0.656. The molecular weight excluding hydrogens is 444 g/mol. The van der Waals surface area contributed by atoms with Crippen molar-refractivity contribution in [3.8, 4) is 0 Å². The van der Waals surface area contributed by atoms with Gasteiger partial charge in [0.25, 0.3) is 0 Å². The number of anilines is 2. The number of benzene rings is 1.